The average molecular weight is 491 g/mol. The second kappa shape index (κ2) is 9.32. The zero-order valence-corrected chi connectivity index (χ0v) is 20.0. The number of amides is 2. The van der Waals surface area contributed by atoms with Crippen molar-refractivity contribution in [1.82, 2.24) is 4.90 Å². The summed E-state index contributed by atoms with van der Waals surface area (Å²) in [5, 5.41) is 19.8. The maximum atomic E-state index is 14.2. The number of aliphatic hydroxyl groups is 1. The monoisotopic (exact) mass is 490 g/mol. The van der Waals surface area contributed by atoms with Crippen LogP contribution >= 0.6 is 11.6 Å². The number of fused-ring (bicyclic) bond motifs is 1. The predicted octanol–water partition coefficient (Wildman–Crippen LogP) is 2.87. The first kappa shape index (κ1) is 24.7. The van der Waals surface area contributed by atoms with Gasteiger partial charge in [-0.3, -0.25) is 14.4 Å². The summed E-state index contributed by atoms with van der Waals surface area (Å²) in [6.45, 7) is 6.00. The third-order valence-corrected chi connectivity index (χ3v) is 8.03. The van der Waals surface area contributed by atoms with Crippen molar-refractivity contribution in [3.63, 3.8) is 0 Å². The molecule has 2 N–H and O–H groups in total. The summed E-state index contributed by atoms with van der Waals surface area (Å²) in [5.41, 5.74) is -1.69. The van der Waals surface area contributed by atoms with Gasteiger partial charge in [-0.2, -0.15) is 0 Å². The Labute approximate surface area is 204 Å². The molecular weight excluding hydrogens is 460 g/mol. The van der Waals surface area contributed by atoms with Crippen molar-refractivity contribution in [2.24, 2.45) is 11.8 Å². The van der Waals surface area contributed by atoms with Crippen molar-refractivity contribution in [2.45, 2.75) is 56.3 Å². The number of hydrogen-bond donors (Lipinski definition) is 2. The Bertz CT molecular complexity index is 1000. The average Bonchev–Trinajstić information content (AvgIpc) is 3.42. The minimum atomic E-state index is -1.22. The molecule has 1 spiro atoms. The van der Waals surface area contributed by atoms with E-state index in [0.717, 1.165) is 0 Å². The predicted molar refractivity (Wildman–Crippen MR) is 127 cm³/mol. The number of para-hydroxylation sites is 1. The van der Waals surface area contributed by atoms with Crippen LogP contribution in [0.2, 0.25) is 5.02 Å². The number of unbranched alkanes of at least 4 members (excludes halogenated alkanes) is 1. The van der Waals surface area contributed by atoms with Gasteiger partial charge in [-0.05, 0) is 44.2 Å². The molecule has 184 valence electrons. The Morgan fingerprint density at radius 2 is 2.06 bits per heavy atom. The van der Waals surface area contributed by atoms with Crippen LogP contribution in [-0.4, -0.2) is 69.8 Å². The molecule has 0 aliphatic carbocycles. The van der Waals surface area contributed by atoms with Crippen molar-refractivity contribution in [2.75, 3.05) is 24.6 Å². The summed E-state index contributed by atoms with van der Waals surface area (Å²) in [7, 11) is 0. The molecule has 0 radical (unpaired) electrons. The highest BCUT2D eigenvalue weighted by molar-refractivity contribution is 6.34. The SMILES string of the molecule is C=CCN(C(=O)C1N(CCCCO)C(=O)[C@@H]2[C@@H](C(=O)O)[C@@]3(CC)CCC12O3)c1ccccc1Cl. The minimum absolute atomic E-state index is 0.0371. The second-order valence-electron chi connectivity index (χ2n) is 9.32. The number of carbonyl (C=O) groups excluding carboxylic acids is 2. The van der Waals surface area contributed by atoms with Gasteiger partial charge in [-0.25, -0.2) is 0 Å². The number of carboxylic acid groups (broad SMARTS) is 1. The van der Waals surface area contributed by atoms with Gasteiger partial charge in [-0.1, -0.05) is 36.7 Å². The first-order chi connectivity index (χ1) is 16.3. The van der Waals surface area contributed by atoms with E-state index >= 15 is 0 Å². The zero-order chi connectivity index (χ0) is 24.7. The highest BCUT2D eigenvalue weighted by Crippen LogP contribution is 2.64. The molecule has 3 heterocycles. The van der Waals surface area contributed by atoms with E-state index in [1.54, 1.807) is 30.3 Å². The van der Waals surface area contributed by atoms with Crippen LogP contribution < -0.4 is 4.90 Å². The van der Waals surface area contributed by atoms with Gasteiger partial charge in [-0.15, -0.1) is 6.58 Å². The largest absolute Gasteiger partial charge is 0.481 e. The molecule has 2 amide bonds. The molecule has 0 saturated carbocycles. The van der Waals surface area contributed by atoms with Crippen molar-refractivity contribution >= 4 is 35.1 Å². The lowest BCUT2D eigenvalue weighted by Gasteiger charge is -2.37. The van der Waals surface area contributed by atoms with Crippen LogP contribution in [0.1, 0.15) is 39.0 Å². The van der Waals surface area contributed by atoms with E-state index in [1.807, 2.05) is 6.92 Å². The number of rotatable bonds is 10. The lowest BCUT2D eigenvalue weighted by atomic mass is 9.65. The van der Waals surface area contributed by atoms with Crippen molar-refractivity contribution < 1.29 is 29.3 Å². The first-order valence-corrected chi connectivity index (χ1v) is 12.2. The van der Waals surface area contributed by atoms with Gasteiger partial charge in [0.05, 0.1) is 22.2 Å². The zero-order valence-electron chi connectivity index (χ0n) is 19.3. The van der Waals surface area contributed by atoms with Crippen LogP contribution in [-0.2, 0) is 19.1 Å². The van der Waals surface area contributed by atoms with E-state index < -0.39 is 35.0 Å². The van der Waals surface area contributed by atoms with Gasteiger partial charge in [0.2, 0.25) is 5.91 Å². The number of anilines is 1. The van der Waals surface area contributed by atoms with Gasteiger partial charge < -0.3 is 24.7 Å². The summed E-state index contributed by atoms with van der Waals surface area (Å²) >= 11 is 6.42. The van der Waals surface area contributed by atoms with Gasteiger partial charge >= 0.3 is 5.97 Å². The maximum absolute atomic E-state index is 14.2. The Morgan fingerprint density at radius 1 is 1.32 bits per heavy atom. The maximum Gasteiger partial charge on any atom is 0.310 e. The number of likely N-dealkylation sites (tertiary alicyclic amines) is 1. The van der Waals surface area contributed by atoms with E-state index in [-0.39, 0.29) is 31.5 Å². The molecule has 9 heteroatoms. The Morgan fingerprint density at radius 3 is 2.68 bits per heavy atom. The molecule has 4 rings (SSSR count). The van der Waals surface area contributed by atoms with E-state index in [0.29, 0.717) is 42.8 Å². The van der Waals surface area contributed by atoms with E-state index in [9.17, 15) is 24.6 Å². The van der Waals surface area contributed by atoms with Gasteiger partial charge in [0.25, 0.3) is 5.91 Å². The summed E-state index contributed by atoms with van der Waals surface area (Å²) < 4.78 is 6.53. The van der Waals surface area contributed by atoms with Crippen molar-refractivity contribution in [3.05, 3.63) is 41.9 Å². The van der Waals surface area contributed by atoms with Crippen molar-refractivity contribution in [1.29, 1.82) is 0 Å². The quantitative estimate of drug-likeness (QED) is 0.386. The minimum Gasteiger partial charge on any atom is -0.481 e. The molecule has 5 atom stereocenters. The van der Waals surface area contributed by atoms with Crippen LogP contribution in [0.4, 0.5) is 5.69 Å². The number of aliphatic carboxylic acids is 1. The number of halogens is 1. The smallest absolute Gasteiger partial charge is 0.310 e. The molecule has 3 aliphatic rings. The Balaban J connectivity index is 1.81. The van der Waals surface area contributed by atoms with Crippen LogP contribution in [0, 0.1) is 11.8 Å². The molecule has 8 nitrogen and oxygen atoms in total. The van der Waals surface area contributed by atoms with E-state index in [1.165, 1.54) is 9.80 Å². The third-order valence-electron chi connectivity index (χ3n) is 7.71. The molecule has 1 aromatic carbocycles. The van der Waals surface area contributed by atoms with Gasteiger partial charge in [0.15, 0.2) is 0 Å². The fourth-order valence-corrected chi connectivity index (χ4v) is 6.50. The van der Waals surface area contributed by atoms with Crippen LogP contribution in [0.15, 0.2) is 36.9 Å². The van der Waals surface area contributed by atoms with Crippen LogP contribution in [0.25, 0.3) is 0 Å². The standard InChI is InChI=1S/C25H31ClN2O6/c1-3-13-27(17-10-6-5-9-16(17)26)22(31)20-25-12-11-24(4-2,34-25)19(23(32)33)18(25)21(30)28(20)14-7-8-15-29/h3,5-6,9-10,18-20,29H,1,4,7-8,11-15H2,2H3,(H,32,33)/t18-,19-,20?,24+,25?/m0/s1. The molecule has 2 unspecified atom stereocenters. The van der Waals surface area contributed by atoms with Gasteiger partial charge in [0, 0.05) is 19.7 Å². The molecule has 2 bridgehead atoms. The fraction of sp³-hybridized carbons (Fsp3) is 0.560. The normalized spacial score (nSPS) is 31.6. The highest BCUT2D eigenvalue weighted by Gasteiger charge is 2.79. The number of carboxylic acids is 1. The number of ether oxygens (including phenoxy) is 1. The van der Waals surface area contributed by atoms with Crippen molar-refractivity contribution in [3.8, 4) is 0 Å². The first-order valence-electron chi connectivity index (χ1n) is 11.8. The molecule has 3 fully saturated rings. The molecule has 3 saturated heterocycles. The summed E-state index contributed by atoms with van der Waals surface area (Å²) in [6.07, 6.45) is 3.89. The molecule has 3 aliphatic heterocycles. The molecule has 34 heavy (non-hydrogen) atoms. The third kappa shape index (κ3) is 3.54. The lowest BCUT2D eigenvalue weighted by Crippen LogP contribution is -2.56. The molecule has 0 aromatic heterocycles. The number of aliphatic hydroxyl groups excluding tert-OH is 1. The summed E-state index contributed by atoms with van der Waals surface area (Å²) in [4.78, 5) is 43.3. The van der Waals surface area contributed by atoms with E-state index in [2.05, 4.69) is 6.58 Å². The lowest BCUT2D eigenvalue weighted by molar-refractivity contribution is -0.155. The molecular formula is C25H31ClN2O6. The highest BCUT2D eigenvalue weighted by atomic mass is 35.5. The number of hydrogen-bond acceptors (Lipinski definition) is 5. The van der Waals surface area contributed by atoms with Gasteiger partial charge in [0.1, 0.15) is 17.6 Å². The number of carbonyl (C=O) groups is 3. The molecule has 1 aromatic rings. The van der Waals surface area contributed by atoms with E-state index in [4.69, 9.17) is 16.3 Å². The Kier molecular flexibility index (Phi) is 6.77. The topological polar surface area (TPSA) is 107 Å². The number of benzene rings is 1. The Hall–Kier alpha value is -2.42. The van der Waals surface area contributed by atoms with Crippen LogP contribution in [0.3, 0.4) is 0 Å². The summed E-state index contributed by atoms with van der Waals surface area (Å²) in [6, 6.07) is 5.96. The van der Waals surface area contributed by atoms with Crippen LogP contribution in [0.5, 0.6) is 0 Å². The second-order valence-corrected chi connectivity index (χ2v) is 9.73. The fourth-order valence-electron chi connectivity index (χ4n) is 6.26. The number of nitrogens with zero attached hydrogens (tertiary/aromatic N) is 2. The summed E-state index contributed by atoms with van der Waals surface area (Å²) in [5.74, 6) is -3.75.